The zero-order chi connectivity index (χ0) is 27.2. The van der Waals surface area contributed by atoms with Gasteiger partial charge in [-0.3, -0.25) is 14.9 Å². The summed E-state index contributed by atoms with van der Waals surface area (Å²) in [4.78, 5) is 23.4. The van der Waals surface area contributed by atoms with E-state index in [0.717, 1.165) is 0 Å². The Morgan fingerprint density at radius 2 is 1.89 bits per heavy atom. The van der Waals surface area contributed by atoms with Crippen molar-refractivity contribution in [3.8, 4) is 17.6 Å². The number of hydrogen-bond donors (Lipinski definition) is 1. The third-order valence-electron chi connectivity index (χ3n) is 4.83. The highest BCUT2D eigenvalue weighted by molar-refractivity contribution is 14.1. The summed E-state index contributed by atoms with van der Waals surface area (Å²) in [7, 11) is -4.15. The van der Waals surface area contributed by atoms with Crippen LogP contribution in [0, 0.1) is 31.9 Å². The number of rotatable bonds is 9. The first-order chi connectivity index (χ1) is 17.6. The lowest BCUT2D eigenvalue weighted by Crippen LogP contribution is -2.15. The Balaban J connectivity index is 1.96. The number of aryl methyl sites for hydroxylation is 1. The van der Waals surface area contributed by atoms with Crippen molar-refractivity contribution in [3.63, 3.8) is 0 Å². The highest BCUT2D eigenvalue weighted by Gasteiger charge is 2.23. The Hall–Kier alpha value is -3.96. The lowest BCUT2D eigenvalue weighted by atomic mass is 10.1. The third-order valence-corrected chi connectivity index (χ3v) is 6.87. The number of amides is 1. The van der Waals surface area contributed by atoms with Crippen LogP contribution in [0.3, 0.4) is 0 Å². The number of anilines is 1. The minimum atomic E-state index is -4.15. The Labute approximate surface area is 226 Å². The van der Waals surface area contributed by atoms with Gasteiger partial charge in [-0.25, -0.2) is 0 Å². The quantitative estimate of drug-likeness (QED) is 0.0842. The number of nitro benzene ring substituents is 1. The van der Waals surface area contributed by atoms with Crippen molar-refractivity contribution >= 4 is 56.1 Å². The highest BCUT2D eigenvalue weighted by atomic mass is 127. The number of halogens is 1. The largest absolute Gasteiger partial charge is 0.490 e. The van der Waals surface area contributed by atoms with Gasteiger partial charge in [0.15, 0.2) is 11.5 Å². The maximum absolute atomic E-state index is 12.8. The minimum absolute atomic E-state index is 0.0362. The molecule has 0 aromatic heterocycles. The zero-order valence-electron chi connectivity index (χ0n) is 19.6. The van der Waals surface area contributed by atoms with Crippen molar-refractivity contribution in [2.45, 2.75) is 18.7 Å². The average Bonchev–Trinajstić information content (AvgIpc) is 2.86. The molecule has 0 aliphatic heterocycles. The van der Waals surface area contributed by atoms with Crippen LogP contribution in [-0.4, -0.2) is 25.9 Å². The molecule has 0 saturated heterocycles. The number of nitrogens with one attached hydrogen (secondary N) is 1. The second-order valence-electron chi connectivity index (χ2n) is 7.52. The molecule has 1 N–H and O–H groups in total. The van der Waals surface area contributed by atoms with E-state index in [0.29, 0.717) is 14.7 Å². The van der Waals surface area contributed by atoms with Gasteiger partial charge in [-0.15, -0.1) is 0 Å². The monoisotopic (exact) mass is 633 g/mol. The van der Waals surface area contributed by atoms with Crippen LogP contribution in [0.1, 0.15) is 18.1 Å². The Kier molecular flexibility index (Phi) is 8.85. The van der Waals surface area contributed by atoms with Gasteiger partial charge in [0.1, 0.15) is 22.2 Å². The van der Waals surface area contributed by atoms with Gasteiger partial charge in [-0.1, -0.05) is 24.3 Å². The van der Waals surface area contributed by atoms with Gasteiger partial charge >= 0.3 is 10.1 Å². The molecule has 0 aliphatic rings. The van der Waals surface area contributed by atoms with Crippen LogP contribution in [0.5, 0.6) is 11.5 Å². The molecule has 0 spiro atoms. The summed E-state index contributed by atoms with van der Waals surface area (Å²) >= 11 is 1.86. The predicted molar refractivity (Wildman–Crippen MR) is 145 cm³/mol. The summed E-state index contributed by atoms with van der Waals surface area (Å²) < 4.78 is 36.8. The number of carbonyl (C=O) groups is 1. The van der Waals surface area contributed by atoms with E-state index in [1.165, 1.54) is 42.5 Å². The fourth-order valence-electron chi connectivity index (χ4n) is 3.16. The van der Waals surface area contributed by atoms with Crippen molar-refractivity contribution in [1.82, 2.24) is 0 Å². The minimum Gasteiger partial charge on any atom is -0.490 e. The van der Waals surface area contributed by atoms with E-state index in [4.69, 9.17) is 8.92 Å². The van der Waals surface area contributed by atoms with E-state index in [1.807, 2.05) is 22.6 Å². The van der Waals surface area contributed by atoms with Crippen molar-refractivity contribution in [2.75, 3.05) is 11.9 Å². The van der Waals surface area contributed by atoms with Crippen LogP contribution in [0.2, 0.25) is 0 Å². The first-order valence-electron chi connectivity index (χ1n) is 10.7. The van der Waals surface area contributed by atoms with Crippen molar-refractivity contribution in [2.24, 2.45) is 0 Å². The summed E-state index contributed by atoms with van der Waals surface area (Å²) in [5.74, 6) is -0.803. The zero-order valence-corrected chi connectivity index (χ0v) is 22.6. The van der Waals surface area contributed by atoms with E-state index in [9.17, 15) is 28.6 Å². The molecular weight excluding hydrogens is 613 g/mol. The van der Waals surface area contributed by atoms with Crippen molar-refractivity contribution in [3.05, 3.63) is 91.0 Å². The molecule has 0 unspecified atom stereocenters. The predicted octanol–water partition coefficient (Wildman–Crippen LogP) is 5.22. The van der Waals surface area contributed by atoms with Crippen LogP contribution >= 0.6 is 22.6 Å². The molecule has 3 aromatic rings. The second kappa shape index (κ2) is 11.8. The molecule has 12 heteroatoms. The van der Waals surface area contributed by atoms with Crippen LogP contribution < -0.4 is 14.2 Å². The fraction of sp³-hybridized carbons (Fsp3) is 0.120. The standard InChI is InChI=1S/C25H20IN3O7S/c1-3-35-23-14-17(13-20(26)24(23)36-37(33,34)19-7-5-4-6-8-19)12-18(15-27)25(30)28-21-10-9-16(2)11-22(21)29(31)32/h4-14H,3H2,1-2H3,(H,28,30)/b18-12+. The Morgan fingerprint density at radius 3 is 2.51 bits per heavy atom. The Morgan fingerprint density at radius 1 is 1.19 bits per heavy atom. The van der Waals surface area contributed by atoms with Crippen LogP contribution in [0.15, 0.2) is 71.1 Å². The lowest BCUT2D eigenvalue weighted by Gasteiger charge is -2.14. The number of nitro groups is 1. The molecule has 0 radical (unpaired) electrons. The molecule has 190 valence electrons. The summed E-state index contributed by atoms with van der Waals surface area (Å²) in [5.41, 5.74) is 0.289. The van der Waals surface area contributed by atoms with Crippen LogP contribution in [0.25, 0.3) is 6.08 Å². The van der Waals surface area contributed by atoms with Crippen molar-refractivity contribution in [1.29, 1.82) is 5.26 Å². The number of nitriles is 1. The molecule has 1 amide bonds. The number of carbonyl (C=O) groups excluding carboxylic acids is 1. The van der Waals surface area contributed by atoms with Gasteiger partial charge in [-0.05, 0) is 84.0 Å². The number of hydrogen-bond acceptors (Lipinski definition) is 8. The molecule has 3 rings (SSSR count). The molecule has 0 aliphatic carbocycles. The number of nitrogens with zero attached hydrogens (tertiary/aromatic N) is 2. The molecule has 3 aromatic carbocycles. The lowest BCUT2D eigenvalue weighted by molar-refractivity contribution is -0.384. The van der Waals surface area contributed by atoms with Gasteiger partial charge < -0.3 is 14.2 Å². The van der Waals surface area contributed by atoms with Gasteiger partial charge in [0.05, 0.1) is 15.1 Å². The van der Waals surface area contributed by atoms with Crippen molar-refractivity contribution < 1.29 is 27.1 Å². The third kappa shape index (κ3) is 6.83. The maximum atomic E-state index is 12.8. The summed E-state index contributed by atoms with van der Waals surface area (Å²) in [5, 5.41) is 23.3. The topological polar surface area (TPSA) is 149 Å². The SMILES string of the molecule is CCOc1cc(/C=C(\C#N)C(=O)Nc2ccc(C)cc2[N+](=O)[O-])cc(I)c1OS(=O)(=O)c1ccccc1. The molecule has 0 heterocycles. The summed E-state index contributed by atoms with van der Waals surface area (Å²) in [6, 6.07) is 16.6. The second-order valence-corrected chi connectivity index (χ2v) is 10.2. The van der Waals surface area contributed by atoms with Gasteiger partial charge in [0.25, 0.3) is 11.6 Å². The smallest absolute Gasteiger partial charge is 0.339 e. The molecule has 0 fully saturated rings. The molecule has 0 bridgehead atoms. The molecule has 0 saturated carbocycles. The molecule has 0 atom stereocenters. The first kappa shape index (κ1) is 27.6. The van der Waals surface area contributed by atoms with E-state index in [-0.39, 0.29) is 39.9 Å². The number of ether oxygens (including phenoxy) is 1. The van der Waals surface area contributed by atoms with Gasteiger partial charge in [0, 0.05) is 6.07 Å². The maximum Gasteiger partial charge on any atom is 0.339 e. The average molecular weight is 633 g/mol. The van der Waals surface area contributed by atoms with E-state index < -0.39 is 20.9 Å². The van der Waals surface area contributed by atoms with Gasteiger partial charge in [0.2, 0.25) is 0 Å². The highest BCUT2D eigenvalue weighted by Crippen LogP contribution is 2.37. The summed E-state index contributed by atoms with van der Waals surface area (Å²) in [6.07, 6.45) is 1.26. The molecule has 10 nitrogen and oxygen atoms in total. The van der Waals surface area contributed by atoms with Crippen LogP contribution in [-0.2, 0) is 14.9 Å². The van der Waals surface area contributed by atoms with Crippen LogP contribution in [0.4, 0.5) is 11.4 Å². The molecular formula is C25H20IN3O7S. The van der Waals surface area contributed by atoms with Gasteiger partial charge in [-0.2, -0.15) is 13.7 Å². The van der Waals surface area contributed by atoms with E-state index in [2.05, 4.69) is 5.32 Å². The van der Waals surface area contributed by atoms with E-state index >= 15 is 0 Å². The fourth-order valence-corrected chi connectivity index (χ4v) is 5.03. The number of benzene rings is 3. The Bertz CT molecular complexity index is 1530. The first-order valence-corrected chi connectivity index (χ1v) is 13.2. The normalized spacial score (nSPS) is 11.4. The van der Waals surface area contributed by atoms with E-state index in [1.54, 1.807) is 44.2 Å². The summed E-state index contributed by atoms with van der Waals surface area (Å²) in [6.45, 7) is 3.57. The molecule has 37 heavy (non-hydrogen) atoms.